The third kappa shape index (κ3) is 9.12. The first-order chi connectivity index (χ1) is 36.0. The summed E-state index contributed by atoms with van der Waals surface area (Å²) in [5.74, 6) is 1.28. The van der Waals surface area contributed by atoms with Crippen LogP contribution in [0.4, 0.5) is 0 Å². The summed E-state index contributed by atoms with van der Waals surface area (Å²) in [5.41, 5.74) is 15.0. The van der Waals surface area contributed by atoms with E-state index in [0.29, 0.717) is 0 Å². The molecular weight excluding hydrogens is 1110 g/mol. The van der Waals surface area contributed by atoms with E-state index in [-0.39, 0.29) is 31.9 Å². The molecule has 13 rings (SSSR count). The van der Waals surface area contributed by atoms with Gasteiger partial charge >= 0.3 is 0 Å². The summed E-state index contributed by atoms with van der Waals surface area (Å²) in [5, 5.41) is 10.7. The van der Waals surface area contributed by atoms with Crippen molar-refractivity contribution in [2.24, 2.45) is 0 Å². The van der Waals surface area contributed by atoms with Crippen LogP contribution in [0.15, 0.2) is 211 Å². The first-order valence-corrected chi connectivity index (χ1v) is 29.4. The topological polar surface area (TPSA) is 43.9 Å². The van der Waals surface area contributed by atoms with Gasteiger partial charge in [-0.25, -0.2) is 0 Å². The van der Waals surface area contributed by atoms with Gasteiger partial charge in [-0.2, -0.15) is 0 Å². The van der Waals surface area contributed by atoms with Crippen molar-refractivity contribution in [1.82, 2.24) is 14.5 Å². The van der Waals surface area contributed by atoms with Crippen molar-refractivity contribution in [3.05, 3.63) is 230 Å². The van der Waals surface area contributed by atoms with Gasteiger partial charge in [-0.15, -0.1) is 48.0 Å². The van der Waals surface area contributed by atoms with Crippen LogP contribution in [0, 0.1) is 12.1 Å². The number of furan rings is 1. The zero-order valence-corrected chi connectivity index (χ0v) is 46.8. The van der Waals surface area contributed by atoms with Crippen LogP contribution < -0.4 is 5.19 Å². The van der Waals surface area contributed by atoms with Crippen LogP contribution in [-0.4, -0.2) is 22.6 Å². The van der Waals surface area contributed by atoms with Crippen LogP contribution in [-0.2, 0) is 20.1 Å². The maximum Gasteiger partial charge on any atom is 0.121 e. The van der Waals surface area contributed by atoms with Crippen LogP contribution in [0.1, 0.15) is 50.7 Å². The minimum atomic E-state index is -1.23. The van der Waals surface area contributed by atoms with Gasteiger partial charge in [0.05, 0.1) is 30.5 Å². The van der Waals surface area contributed by atoms with E-state index in [1.165, 1.54) is 60.1 Å². The molecular formula is C69H57IrN3OSi-2. The second-order valence-corrected chi connectivity index (χ2v) is 26.2. The Hall–Kier alpha value is -7.73. The fourth-order valence-electron chi connectivity index (χ4n) is 10.7. The van der Waals surface area contributed by atoms with E-state index < -0.39 is 8.07 Å². The van der Waals surface area contributed by atoms with Gasteiger partial charge in [0.1, 0.15) is 5.58 Å². The van der Waals surface area contributed by atoms with Gasteiger partial charge in [0.15, 0.2) is 0 Å². The molecule has 0 bridgehead atoms. The number of nitrogens with zero attached hydrogens (tertiary/aromatic N) is 3. The van der Waals surface area contributed by atoms with E-state index in [0.717, 1.165) is 72.1 Å². The monoisotopic (exact) mass is 1160 g/mol. The number of hydrogen-bond acceptors (Lipinski definition) is 3. The molecule has 0 N–H and O–H groups in total. The van der Waals surface area contributed by atoms with Crippen LogP contribution >= 0.6 is 0 Å². The molecule has 0 fully saturated rings. The number of imidazole rings is 1. The number of pyridine rings is 1. The third-order valence-electron chi connectivity index (χ3n) is 14.6. The van der Waals surface area contributed by atoms with Gasteiger partial charge in [0, 0.05) is 42.8 Å². The number of hydrogen-bond donors (Lipinski definition) is 0. The first-order valence-electron chi connectivity index (χ1n) is 25.9. The molecule has 0 spiro atoms. The standard InChI is InChI=1S/C55H41N2O.C14H16NSi.Ir/c1-33(2)45-30-40(35-15-7-5-8-16-35)31-46(34(3)4)52(45)57-53-43-22-14-12-20-38(43)25-28-49(53)56-55(57)44-27-26-42(36-17-9-6-10-18-36)51-48-29-39-24-23-37-19-11-13-21-41(37)47(39)32-50(48)58-54(44)51;1-16(2,3)13-9-10-14(15-11-13)12-7-5-4-6-8-12;/h5-26,28-34H,1-4H3;4-7,9-11H,1-3H3;/q2*-1;. The molecule has 0 amide bonds. The first kappa shape index (κ1) is 49.5. The van der Waals surface area contributed by atoms with Gasteiger partial charge < -0.3 is 14.0 Å². The Morgan fingerprint density at radius 2 is 1.17 bits per heavy atom. The molecule has 6 heteroatoms. The van der Waals surface area contributed by atoms with Crippen molar-refractivity contribution in [2.75, 3.05) is 0 Å². The molecule has 0 saturated carbocycles. The van der Waals surface area contributed by atoms with E-state index >= 15 is 0 Å². The van der Waals surface area contributed by atoms with Crippen molar-refractivity contribution < 1.29 is 24.5 Å². The predicted octanol–water partition coefficient (Wildman–Crippen LogP) is 18.5. The number of rotatable bonds is 8. The fraction of sp³-hybridized carbons (Fsp3) is 0.130. The number of fused-ring (bicyclic) bond motifs is 9. The van der Waals surface area contributed by atoms with Crippen LogP contribution in [0.2, 0.25) is 19.6 Å². The van der Waals surface area contributed by atoms with Crippen LogP contribution in [0.3, 0.4) is 0 Å². The van der Waals surface area contributed by atoms with Gasteiger partial charge in [-0.1, -0.05) is 204 Å². The summed E-state index contributed by atoms with van der Waals surface area (Å²) in [6.45, 7) is 16.2. The predicted molar refractivity (Wildman–Crippen MR) is 316 cm³/mol. The average molecular weight is 1160 g/mol. The summed E-state index contributed by atoms with van der Waals surface area (Å²) < 4.78 is 9.63. The van der Waals surface area contributed by atoms with Crippen LogP contribution in [0.5, 0.6) is 0 Å². The van der Waals surface area contributed by atoms with Crippen LogP contribution in [0.25, 0.3) is 116 Å². The van der Waals surface area contributed by atoms with Gasteiger partial charge in [0.2, 0.25) is 0 Å². The molecule has 75 heavy (non-hydrogen) atoms. The largest absolute Gasteiger partial charge is 0.500 e. The fourth-order valence-corrected chi connectivity index (χ4v) is 11.8. The number of benzene rings is 10. The molecule has 0 unspecified atom stereocenters. The summed E-state index contributed by atoms with van der Waals surface area (Å²) in [7, 11) is -1.23. The number of aromatic nitrogens is 3. The Kier molecular flexibility index (Phi) is 13.3. The zero-order valence-electron chi connectivity index (χ0n) is 43.4. The van der Waals surface area contributed by atoms with Crippen molar-refractivity contribution in [2.45, 2.75) is 59.2 Å². The molecule has 369 valence electrons. The quantitative estimate of drug-likeness (QED) is 0.0865. The Bertz CT molecular complexity index is 4180. The molecule has 0 atom stereocenters. The van der Waals surface area contributed by atoms with Crippen molar-refractivity contribution in [1.29, 1.82) is 0 Å². The molecule has 10 aromatic carbocycles. The SMILES string of the molecule is CC(C)c1cc(-c2ccccc2)cc(C(C)C)c1-n1c(-c2[c-]cc(-c3ccccc3)c3c2oc2cc4c(ccc5ccccc54)cc23)nc2ccc3ccccc3c21.C[Si](C)(C)c1ccc(-c2[c-]cccc2)nc1.[Ir]. The van der Waals surface area contributed by atoms with Gasteiger partial charge in [0.25, 0.3) is 0 Å². The van der Waals surface area contributed by atoms with E-state index in [2.05, 4.69) is 245 Å². The van der Waals surface area contributed by atoms with Gasteiger partial charge in [-0.3, -0.25) is 4.98 Å². The Morgan fingerprint density at radius 3 is 1.83 bits per heavy atom. The Labute approximate surface area is 454 Å². The molecule has 0 saturated heterocycles. The molecule has 0 aliphatic carbocycles. The minimum Gasteiger partial charge on any atom is -0.500 e. The van der Waals surface area contributed by atoms with Crippen molar-refractivity contribution in [3.63, 3.8) is 0 Å². The summed E-state index contributed by atoms with van der Waals surface area (Å²) >= 11 is 0. The Morgan fingerprint density at radius 1 is 0.547 bits per heavy atom. The third-order valence-corrected chi connectivity index (χ3v) is 16.6. The molecule has 3 aromatic heterocycles. The smallest absolute Gasteiger partial charge is 0.121 e. The summed E-state index contributed by atoms with van der Waals surface area (Å²) in [4.78, 5) is 10.1. The average Bonchev–Trinajstić information content (AvgIpc) is 4.02. The van der Waals surface area contributed by atoms with E-state index in [1.54, 1.807) is 0 Å². The molecule has 0 aliphatic heterocycles. The van der Waals surface area contributed by atoms with Crippen molar-refractivity contribution in [3.8, 4) is 50.6 Å². The molecule has 4 nitrogen and oxygen atoms in total. The Balaban J connectivity index is 0.000000304. The normalized spacial score (nSPS) is 11.8. The van der Waals surface area contributed by atoms with E-state index in [9.17, 15) is 0 Å². The van der Waals surface area contributed by atoms with E-state index in [4.69, 9.17) is 9.40 Å². The molecule has 13 aromatic rings. The minimum absolute atomic E-state index is 0. The van der Waals surface area contributed by atoms with E-state index in [1.807, 2.05) is 30.5 Å². The second kappa shape index (κ2) is 20.2. The molecule has 0 aliphatic rings. The summed E-state index contributed by atoms with van der Waals surface area (Å²) in [6.07, 6.45) is 2.02. The molecule has 1 radical (unpaired) electrons. The zero-order chi connectivity index (χ0) is 50.7. The molecule has 3 heterocycles. The second-order valence-electron chi connectivity index (χ2n) is 21.2. The van der Waals surface area contributed by atoms with Gasteiger partial charge in [-0.05, 0) is 108 Å². The van der Waals surface area contributed by atoms with Crippen molar-refractivity contribution >= 4 is 78.5 Å². The maximum atomic E-state index is 7.18. The summed E-state index contributed by atoms with van der Waals surface area (Å²) in [6, 6.07) is 78.2. The maximum absolute atomic E-state index is 7.18.